The third-order valence-electron chi connectivity index (χ3n) is 1.58. The molecule has 1 N–H and O–H groups in total. The number of unbranched alkanes of at least 4 members (excludes halogenated alkanes) is 2. The standard InChI is InChI=1S/C8H15N3O/c1-3-4-5-6-9-8-10-7(2)11-12-8/h3-6H2,1-2H3,(H,9,10,11). The van der Waals surface area contributed by atoms with Gasteiger partial charge in [-0.05, 0) is 13.3 Å². The minimum Gasteiger partial charge on any atom is -0.338 e. The van der Waals surface area contributed by atoms with Gasteiger partial charge in [-0.3, -0.25) is 0 Å². The van der Waals surface area contributed by atoms with E-state index in [1.54, 1.807) is 6.92 Å². The Morgan fingerprint density at radius 2 is 2.25 bits per heavy atom. The Bertz CT molecular complexity index is 222. The van der Waals surface area contributed by atoms with Gasteiger partial charge in [0.15, 0.2) is 5.82 Å². The van der Waals surface area contributed by atoms with Crippen molar-refractivity contribution in [3.63, 3.8) is 0 Å². The molecular weight excluding hydrogens is 154 g/mol. The number of anilines is 1. The van der Waals surface area contributed by atoms with Crippen LogP contribution in [0.25, 0.3) is 0 Å². The molecule has 0 saturated heterocycles. The van der Waals surface area contributed by atoms with Crippen molar-refractivity contribution >= 4 is 6.01 Å². The lowest BCUT2D eigenvalue weighted by molar-refractivity contribution is 0.425. The number of nitrogens with zero attached hydrogens (tertiary/aromatic N) is 2. The average Bonchev–Trinajstić information content (AvgIpc) is 2.45. The first-order valence-electron chi connectivity index (χ1n) is 4.37. The SMILES string of the molecule is CCCCCNc1nc(C)no1. The summed E-state index contributed by atoms with van der Waals surface area (Å²) in [4.78, 5) is 4.02. The summed E-state index contributed by atoms with van der Waals surface area (Å²) in [5.41, 5.74) is 0. The number of nitrogens with one attached hydrogen (secondary N) is 1. The van der Waals surface area contributed by atoms with Crippen molar-refractivity contribution in [2.45, 2.75) is 33.1 Å². The fourth-order valence-electron chi connectivity index (χ4n) is 0.939. The van der Waals surface area contributed by atoms with E-state index in [0.717, 1.165) is 13.0 Å². The van der Waals surface area contributed by atoms with Crippen LogP contribution in [0.2, 0.25) is 0 Å². The molecule has 0 fully saturated rings. The maximum Gasteiger partial charge on any atom is 0.321 e. The zero-order chi connectivity index (χ0) is 8.81. The second kappa shape index (κ2) is 4.74. The van der Waals surface area contributed by atoms with Crippen LogP contribution in [0.5, 0.6) is 0 Å². The van der Waals surface area contributed by atoms with Crippen LogP contribution >= 0.6 is 0 Å². The van der Waals surface area contributed by atoms with Crippen LogP contribution in [0.3, 0.4) is 0 Å². The molecule has 0 aliphatic carbocycles. The van der Waals surface area contributed by atoms with E-state index in [1.165, 1.54) is 12.8 Å². The average molecular weight is 169 g/mol. The van der Waals surface area contributed by atoms with Crippen LogP contribution in [0.15, 0.2) is 4.52 Å². The summed E-state index contributed by atoms with van der Waals surface area (Å²) in [6, 6.07) is 0.531. The van der Waals surface area contributed by atoms with Crippen molar-refractivity contribution in [3.05, 3.63) is 5.82 Å². The molecule has 0 spiro atoms. The van der Waals surface area contributed by atoms with Gasteiger partial charge in [0.1, 0.15) is 0 Å². The highest BCUT2D eigenvalue weighted by Gasteiger charge is 1.98. The van der Waals surface area contributed by atoms with Gasteiger partial charge in [0.25, 0.3) is 0 Å². The molecule has 1 heterocycles. The molecule has 4 heteroatoms. The van der Waals surface area contributed by atoms with Gasteiger partial charge in [0, 0.05) is 6.54 Å². The topological polar surface area (TPSA) is 51.0 Å². The highest BCUT2D eigenvalue weighted by atomic mass is 16.5. The largest absolute Gasteiger partial charge is 0.338 e. The lowest BCUT2D eigenvalue weighted by Gasteiger charge is -1.97. The molecule has 0 radical (unpaired) electrons. The second-order valence-corrected chi connectivity index (χ2v) is 2.78. The van der Waals surface area contributed by atoms with Gasteiger partial charge in [-0.15, -0.1) is 0 Å². The van der Waals surface area contributed by atoms with Crippen molar-refractivity contribution in [2.75, 3.05) is 11.9 Å². The minimum atomic E-state index is 0.531. The Morgan fingerprint density at radius 3 is 2.83 bits per heavy atom. The monoisotopic (exact) mass is 169 g/mol. The molecule has 1 aromatic heterocycles. The van der Waals surface area contributed by atoms with Crippen molar-refractivity contribution in [3.8, 4) is 0 Å². The molecule has 0 unspecified atom stereocenters. The van der Waals surface area contributed by atoms with Crippen LogP contribution in [0, 0.1) is 6.92 Å². The Hall–Kier alpha value is -1.06. The van der Waals surface area contributed by atoms with E-state index >= 15 is 0 Å². The molecule has 0 aliphatic rings. The maximum atomic E-state index is 4.87. The summed E-state index contributed by atoms with van der Waals surface area (Å²) >= 11 is 0. The molecule has 4 nitrogen and oxygen atoms in total. The van der Waals surface area contributed by atoms with Crippen LogP contribution in [-0.2, 0) is 0 Å². The summed E-state index contributed by atoms with van der Waals surface area (Å²) < 4.78 is 4.87. The molecule has 0 atom stereocenters. The molecule has 0 saturated carbocycles. The molecule has 12 heavy (non-hydrogen) atoms. The molecule has 1 aromatic rings. The fraction of sp³-hybridized carbons (Fsp3) is 0.750. The van der Waals surface area contributed by atoms with Gasteiger partial charge in [-0.1, -0.05) is 24.9 Å². The molecule has 0 aliphatic heterocycles. The molecule has 0 aromatic carbocycles. The number of aryl methyl sites for hydroxylation is 1. The van der Waals surface area contributed by atoms with E-state index in [0.29, 0.717) is 11.8 Å². The van der Waals surface area contributed by atoms with Crippen molar-refractivity contribution in [2.24, 2.45) is 0 Å². The van der Waals surface area contributed by atoms with Crippen LogP contribution in [-0.4, -0.2) is 16.7 Å². The van der Waals surface area contributed by atoms with E-state index in [-0.39, 0.29) is 0 Å². The first kappa shape index (κ1) is 9.03. The molecular formula is C8H15N3O. The van der Waals surface area contributed by atoms with E-state index in [2.05, 4.69) is 22.4 Å². The highest BCUT2D eigenvalue weighted by Crippen LogP contribution is 2.02. The van der Waals surface area contributed by atoms with Crippen LogP contribution < -0.4 is 5.32 Å². The summed E-state index contributed by atoms with van der Waals surface area (Å²) in [7, 11) is 0. The summed E-state index contributed by atoms with van der Waals surface area (Å²) in [6.45, 7) is 4.90. The third kappa shape index (κ3) is 2.90. The first-order chi connectivity index (χ1) is 5.83. The third-order valence-corrected chi connectivity index (χ3v) is 1.58. The summed E-state index contributed by atoms with van der Waals surface area (Å²) in [5.74, 6) is 0.674. The van der Waals surface area contributed by atoms with Gasteiger partial charge in [0.2, 0.25) is 0 Å². The number of hydrogen-bond donors (Lipinski definition) is 1. The zero-order valence-electron chi connectivity index (χ0n) is 7.63. The molecule has 68 valence electrons. The molecule has 0 bridgehead atoms. The van der Waals surface area contributed by atoms with Crippen LogP contribution in [0.4, 0.5) is 6.01 Å². The normalized spacial score (nSPS) is 10.2. The van der Waals surface area contributed by atoms with Gasteiger partial charge in [0.05, 0.1) is 0 Å². The molecule has 1 rings (SSSR count). The van der Waals surface area contributed by atoms with E-state index in [1.807, 2.05) is 0 Å². The van der Waals surface area contributed by atoms with Gasteiger partial charge in [-0.25, -0.2) is 0 Å². The first-order valence-corrected chi connectivity index (χ1v) is 4.37. The van der Waals surface area contributed by atoms with E-state index in [9.17, 15) is 0 Å². The Morgan fingerprint density at radius 1 is 1.42 bits per heavy atom. The smallest absolute Gasteiger partial charge is 0.321 e. The van der Waals surface area contributed by atoms with E-state index in [4.69, 9.17) is 4.52 Å². The lowest BCUT2D eigenvalue weighted by atomic mass is 10.2. The van der Waals surface area contributed by atoms with Crippen molar-refractivity contribution in [1.29, 1.82) is 0 Å². The van der Waals surface area contributed by atoms with Crippen LogP contribution in [0.1, 0.15) is 32.0 Å². The highest BCUT2D eigenvalue weighted by molar-refractivity contribution is 5.17. The Kier molecular flexibility index (Phi) is 3.57. The van der Waals surface area contributed by atoms with Gasteiger partial charge < -0.3 is 9.84 Å². The Balaban J connectivity index is 2.15. The number of rotatable bonds is 5. The predicted molar refractivity (Wildman–Crippen MR) is 47.0 cm³/mol. The Labute approximate surface area is 72.4 Å². The van der Waals surface area contributed by atoms with Gasteiger partial charge in [-0.2, -0.15) is 4.98 Å². The lowest BCUT2D eigenvalue weighted by Crippen LogP contribution is -2.01. The quantitative estimate of drug-likeness (QED) is 0.685. The second-order valence-electron chi connectivity index (χ2n) is 2.78. The predicted octanol–water partition coefficient (Wildman–Crippen LogP) is 1.98. The van der Waals surface area contributed by atoms with Crippen molar-refractivity contribution < 1.29 is 4.52 Å². The number of hydrogen-bond acceptors (Lipinski definition) is 4. The maximum absolute atomic E-state index is 4.87. The zero-order valence-corrected chi connectivity index (χ0v) is 7.63. The number of aromatic nitrogens is 2. The summed E-state index contributed by atoms with van der Waals surface area (Å²) in [6.07, 6.45) is 3.61. The minimum absolute atomic E-state index is 0.531. The molecule has 0 amide bonds. The fourth-order valence-corrected chi connectivity index (χ4v) is 0.939. The van der Waals surface area contributed by atoms with Crippen molar-refractivity contribution in [1.82, 2.24) is 10.1 Å². The van der Waals surface area contributed by atoms with Gasteiger partial charge >= 0.3 is 6.01 Å². The van der Waals surface area contributed by atoms with E-state index < -0.39 is 0 Å². The summed E-state index contributed by atoms with van der Waals surface area (Å²) in [5, 5.41) is 6.73.